The van der Waals surface area contributed by atoms with Crippen LogP contribution in [0.2, 0.25) is 0 Å². The van der Waals surface area contributed by atoms with Crippen molar-refractivity contribution in [2.24, 2.45) is 10.9 Å². The summed E-state index contributed by atoms with van der Waals surface area (Å²) in [5.41, 5.74) is 0.886. The van der Waals surface area contributed by atoms with Crippen LogP contribution in [0.25, 0.3) is 0 Å². The topological polar surface area (TPSA) is 40.1 Å². The van der Waals surface area contributed by atoms with Gasteiger partial charge in [0.25, 0.3) is 0 Å². The molecule has 0 aliphatic carbocycles. The first-order chi connectivity index (χ1) is 13.7. The van der Waals surface area contributed by atoms with E-state index in [2.05, 4.69) is 15.0 Å². The lowest BCUT2D eigenvalue weighted by atomic mass is 10.1. The second kappa shape index (κ2) is 10.6. The molecule has 1 N–H and O–H groups in total. The van der Waals surface area contributed by atoms with Gasteiger partial charge in [0.1, 0.15) is 5.75 Å². The lowest BCUT2D eigenvalue weighted by Crippen LogP contribution is -2.39. The van der Waals surface area contributed by atoms with E-state index in [1.807, 2.05) is 18.9 Å². The predicted molar refractivity (Wildman–Crippen MR) is 101 cm³/mol. The number of guanidine groups is 1. The molecule has 1 aromatic carbocycles. The predicted octanol–water partition coefficient (Wildman–Crippen LogP) is 3.57. The first-order valence-electron chi connectivity index (χ1n) is 9.48. The summed E-state index contributed by atoms with van der Waals surface area (Å²) in [5.74, 6) is 0.830. The van der Waals surface area contributed by atoms with Gasteiger partial charge >= 0.3 is 12.8 Å². The van der Waals surface area contributed by atoms with Gasteiger partial charge in [0, 0.05) is 33.2 Å². The lowest BCUT2D eigenvalue weighted by molar-refractivity contribution is -0.143. The molecule has 1 saturated heterocycles. The Kier molecular flexibility index (Phi) is 8.48. The third kappa shape index (κ3) is 8.43. The second-order valence-electron chi connectivity index (χ2n) is 7.08. The highest BCUT2D eigenvalue weighted by molar-refractivity contribution is 5.79. The van der Waals surface area contributed by atoms with Crippen molar-refractivity contribution >= 4 is 5.96 Å². The molecule has 0 radical (unpaired) electrons. The summed E-state index contributed by atoms with van der Waals surface area (Å²) in [4.78, 5) is 7.88. The lowest BCUT2D eigenvalue weighted by Gasteiger charge is -2.23. The Hall–Kier alpha value is -2.10. The van der Waals surface area contributed by atoms with Crippen LogP contribution in [-0.2, 0) is 6.54 Å². The Morgan fingerprint density at radius 2 is 2.00 bits per heavy atom. The molecule has 5 nitrogen and oxygen atoms in total. The Bertz CT molecular complexity index is 651. The average molecular weight is 422 g/mol. The van der Waals surface area contributed by atoms with Crippen molar-refractivity contribution in [1.82, 2.24) is 15.1 Å². The van der Waals surface area contributed by atoms with Gasteiger partial charge in [-0.25, -0.2) is 0 Å². The zero-order chi connectivity index (χ0) is 21.4. The maximum absolute atomic E-state index is 12.5. The zero-order valence-corrected chi connectivity index (χ0v) is 16.6. The van der Waals surface area contributed by atoms with Crippen LogP contribution < -0.4 is 10.1 Å². The van der Waals surface area contributed by atoms with Crippen molar-refractivity contribution in [2.45, 2.75) is 32.7 Å². The van der Waals surface area contributed by atoms with E-state index >= 15 is 0 Å². The van der Waals surface area contributed by atoms with E-state index in [4.69, 9.17) is 0 Å². The van der Waals surface area contributed by atoms with Gasteiger partial charge in [-0.1, -0.05) is 12.1 Å². The van der Waals surface area contributed by atoms with E-state index in [1.165, 1.54) is 17.0 Å². The fraction of sp³-hybridized carbons (Fsp3) is 0.632. The van der Waals surface area contributed by atoms with Crippen LogP contribution in [0.5, 0.6) is 5.75 Å². The number of aliphatic imine (C=N–C) groups is 1. The molecule has 1 aliphatic heterocycles. The van der Waals surface area contributed by atoms with E-state index < -0.39 is 19.3 Å². The summed E-state index contributed by atoms with van der Waals surface area (Å²) in [5, 5.41) is 3.17. The van der Waals surface area contributed by atoms with E-state index in [9.17, 15) is 22.0 Å². The number of halogens is 5. The number of hydrogen-bond donors (Lipinski definition) is 1. The average Bonchev–Trinajstić information content (AvgIpc) is 3.05. The van der Waals surface area contributed by atoms with Gasteiger partial charge in [-0.15, -0.1) is 0 Å². The quantitative estimate of drug-likeness (QED) is 0.395. The highest BCUT2D eigenvalue weighted by atomic mass is 19.4. The molecule has 0 amide bonds. The molecule has 0 aromatic heterocycles. The SMILES string of the molecule is CCNC(=NCC1CCN(CC(F)(F)F)C1)N(C)Cc1ccc(OC(F)F)cc1. The van der Waals surface area contributed by atoms with Gasteiger partial charge in [-0.05, 0) is 43.5 Å². The Morgan fingerprint density at radius 3 is 2.59 bits per heavy atom. The van der Waals surface area contributed by atoms with E-state index in [0.29, 0.717) is 45.1 Å². The number of benzene rings is 1. The van der Waals surface area contributed by atoms with Crippen LogP contribution >= 0.6 is 0 Å². The van der Waals surface area contributed by atoms with Crippen molar-refractivity contribution in [1.29, 1.82) is 0 Å². The van der Waals surface area contributed by atoms with Gasteiger partial charge < -0.3 is 15.0 Å². The molecule has 1 heterocycles. The van der Waals surface area contributed by atoms with Crippen LogP contribution in [0, 0.1) is 5.92 Å². The van der Waals surface area contributed by atoms with Gasteiger partial charge in [-0.3, -0.25) is 9.89 Å². The number of ether oxygens (including phenoxy) is 1. The van der Waals surface area contributed by atoms with Crippen LogP contribution in [0.4, 0.5) is 22.0 Å². The molecule has 1 fully saturated rings. The summed E-state index contributed by atoms with van der Waals surface area (Å²) in [6, 6.07) is 6.36. The first kappa shape index (κ1) is 23.2. The molecule has 10 heteroatoms. The summed E-state index contributed by atoms with van der Waals surface area (Å²) in [7, 11) is 1.84. The smallest absolute Gasteiger partial charge is 0.401 e. The highest BCUT2D eigenvalue weighted by Gasteiger charge is 2.34. The van der Waals surface area contributed by atoms with Gasteiger partial charge in [-0.2, -0.15) is 22.0 Å². The molecule has 0 spiro atoms. The van der Waals surface area contributed by atoms with Crippen LogP contribution in [0.3, 0.4) is 0 Å². The molecular weight excluding hydrogens is 395 g/mol. The maximum atomic E-state index is 12.5. The Labute approximate surface area is 167 Å². The summed E-state index contributed by atoms with van der Waals surface area (Å²) in [6.45, 7) is 0.595. The fourth-order valence-electron chi connectivity index (χ4n) is 3.27. The molecule has 1 aromatic rings. The highest BCUT2D eigenvalue weighted by Crippen LogP contribution is 2.23. The zero-order valence-electron chi connectivity index (χ0n) is 16.6. The molecule has 0 bridgehead atoms. The molecule has 29 heavy (non-hydrogen) atoms. The standard InChI is InChI=1S/C19H27F5N4O/c1-3-25-18(26-10-15-8-9-28(12-15)13-19(22,23)24)27(2)11-14-4-6-16(7-5-14)29-17(20)21/h4-7,15,17H,3,8-13H2,1-2H3,(H,25,26). The van der Waals surface area contributed by atoms with Crippen molar-refractivity contribution in [3.63, 3.8) is 0 Å². The third-order valence-electron chi connectivity index (χ3n) is 4.54. The van der Waals surface area contributed by atoms with Crippen molar-refractivity contribution in [3.05, 3.63) is 29.8 Å². The van der Waals surface area contributed by atoms with Crippen molar-refractivity contribution in [3.8, 4) is 5.75 Å². The molecule has 1 atom stereocenters. The van der Waals surface area contributed by atoms with E-state index in [-0.39, 0.29) is 11.7 Å². The molecule has 164 valence electrons. The number of rotatable bonds is 8. The minimum atomic E-state index is -4.18. The summed E-state index contributed by atoms with van der Waals surface area (Å²) >= 11 is 0. The van der Waals surface area contributed by atoms with Crippen LogP contribution in [-0.4, -0.2) is 68.3 Å². The first-order valence-corrected chi connectivity index (χ1v) is 9.48. The number of alkyl halides is 5. The molecule has 1 aliphatic rings. The van der Waals surface area contributed by atoms with E-state index in [1.54, 1.807) is 12.1 Å². The summed E-state index contributed by atoms with van der Waals surface area (Å²) < 4.78 is 66.3. The number of likely N-dealkylation sites (tertiary alicyclic amines) is 1. The molecule has 1 unspecified atom stereocenters. The number of nitrogens with one attached hydrogen (secondary N) is 1. The van der Waals surface area contributed by atoms with Gasteiger partial charge in [0.15, 0.2) is 5.96 Å². The van der Waals surface area contributed by atoms with E-state index in [0.717, 1.165) is 5.56 Å². The van der Waals surface area contributed by atoms with Gasteiger partial charge in [0.05, 0.1) is 6.54 Å². The number of nitrogens with zero attached hydrogens (tertiary/aromatic N) is 3. The maximum Gasteiger partial charge on any atom is 0.401 e. The fourth-order valence-corrected chi connectivity index (χ4v) is 3.27. The largest absolute Gasteiger partial charge is 0.435 e. The van der Waals surface area contributed by atoms with Crippen molar-refractivity contribution in [2.75, 3.05) is 39.8 Å². The Morgan fingerprint density at radius 1 is 1.31 bits per heavy atom. The summed E-state index contributed by atoms with van der Waals surface area (Å²) in [6.07, 6.45) is -3.49. The monoisotopic (exact) mass is 422 g/mol. The third-order valence-corrected chi connectivity index (χ3v) is 4.54. The van der Waals surface area contributed by atoms with Crippen LogP contribution in [0.15, 0.2) is 29.3 Å². The second-order valence-corrected chi connectivity index (χ2v) is 7.08. The minimum Gasteiger partial charge on any atom is -0.435 e. The molecule has 0 saturated carbocycles. The van der Waals surface area contributed by atoms with Gasteiger partial charge in [0.2, 0.25) is 0 Å². The number of hydrogen-bond acceptors (Lipinski definition) is 3. The molecule has 2 rings (SSSR count). The minimum absolute atomic E-state index is 0.0881. The normalized spacial score (nSPS) is 18.3. The van der Waals surface area contributed by atoms with Crippen molar-refractivity contribution < 1.29 is 26.7 Å². The van der Waals surface area contributed by atoms with Crippen LogP contribution in [0.1, 0.15) is 18.9 Å². The Balaban J connectivity index is 1.90. The molecular formula is C19H27F5N4O.